The first-order valence-corrected chi connectivity index (χ1v) is 28.3. The van der Waals surface area contributed by atoms with Crippen LogP contribution >= 0.6 is 11.3 Å². The molecule has 0 radical (unpaired) electrons. The van der Waals surface area contributed by atoms with E-state index in [2.05, 4.69) is 31.2 Å². The Kier molecular flexibility index (Phi) is 21.4. The fraction of sp³-hybridized carbons (Fsp3) is 0.534. The molecule has 0 spiro atoms. The molecule has 0 bridgehead atoms. The van der Waals surface area contributed by atoms with Crippen molar-refractivity contribution >= 4 is 52.1 Å². The Balaban J connectivity index is 0.949. The van der Waals surface area contributed by atoms with Crippen LogP contribution in [-0.4, -0.2) is 140 Å². The van der Waals surface area contributed by atoms with Crippen molar-refractivity contribution in [1.82, 2.24) is 36.1 Å². The molecular weight excluding hydrogens is 1020 g/mol. The molecule has 0 unspecified atom stereocenters. The number of hydrogen-bond acceptors (Lipinski definition) is 12. The van der Waals surface area contributed by atoms with E-state index in [4.69, 9.17) is 14.2 Å². The van der Waals surface area contributed by atoms with Crippen molar-refractivity contribution < 1.29 is 51.8 Å². The number of halogens is 2. The number of hydrogen-bond donors (Lipinski definition) is 4. The van der Waals surface area contributed by atoms with E-state index < -0.39 is 83.6 Å². The van der Waals surface area contributed by atoms with Gasteiger partial charge in [0, 0.05) is 56.6 Å². The highest BCUT2D eigenvalue weighted by Gasteiger charge is 2.43. The number of anilines is 1. The second-order valence-electron chi connectivity index (χ2n) is 21.3. The number of thiazole rings is 1. The molecule has 4 aromatic rings. The van der Waals surface area contributed by atoms with E-state index in [1.807, 2.05) is 60.7 Å². The molecule has 3 fully saturated rings. The zero-order valence-electron chi connectivity index (χ0n) is 45.5. The molecule has 3 aromatic carbocycles. The number of unbranched alkanes of at least 4 members (excludes halogenated alkanes) is 3. The van der Waals surface area contributed by atoms with Gasteiger partial charge in [-0.05, 0) is 95.4 Å². The Morgan fingerprint density at radius 3 is 2.08 bits per heavy atom. The summed E-state index contributed by atoms with van der Waals surface area (Å²) in [6.07, 6.45) is 7.10. The van der Waals surface area contributed by atoms with E-state index >= 15 is 4.39 Å². The highest BCUT2D eigenvalue weighted by atomic mass is 32.1. The molecule has 4 atom stereocenters. The van der Waals surface area contributed by atoms with Crippen LogP contribution in [0.3, 0.4) is 0 Å². The standard InChI is InChI=1S/C58H76F2N8O9S/c1-38(66(5)57(74)77-58(2,3)4)52(70)64-49(41-24-15-10-16-25-41)55(73)68-31-19-26-45(68)53(71)65-50(47(39-20-11-8-12-21-39)40-22-13-9-14-23-40)54(72)62-30-18-7-6-17-29-61-46(69)36-76-51-42(27-28-43(59)48(51)60)44-37-78-56(63-44)67-32-34-75-35-33-67/h8-9,11-14,20-23,27-28,37-38,41,45,47,49-50H,6-7,10,15-19,24-26,29-36H2,1-5H3,(H,61,69)(H,62,72)(H,64,70)(H,65,71)/t38-,45-,49-,50-/m0/s1. The van der Waals surface area contributed by atoms with Gasteiger partial charge in [0.25, 0.3) is 5.91 Å². The van der Waals surface area contributed by atoms with Gasteiger partial charge in [-0.25, -0.2) is 14.2 Å². The van der Waals surface area contributed by atoms with Crippen molar-refractivity contribution in [1.29, 1.82) is 0 Å². The monoisotopic (exact) mass is 1100 g/mol. The molecule has 7 rings (SSSR count). The summed E-state index contributed by atoms with van der Waals surface area (Å²) in [5.74, 6) is -5.71. The molecule has 17 nitrogen and oxygen atoms in total. The van der Waals surface area contributed by atoms with E-state index in [0.717, 1.165) is 54.4 Å². The maximum atomic E-state index is 15.1. The first-order chi connectivity index (χ1) is 37.5. The van der Waals surface area contributed by atoms with E-state index in [1.54, 1.807) is 38.0 Å². The summed E-state index contributed by atoms with van der Waals surface area (Å²) in [6, 6.07) is 17.5. The Morgan fingerprint density at radius 2 is 1.44 bits per heavy atom. The zero-order chi connectivity index (χ0) is 55.8. The summed E-state index contributed by atoms with van der Waals surface area (Å²) in [6.45, 7) is 9.64. The van der Waals surface area contributed by atoms with E-state index in [-0.39, 0.29) is 23.1 Å². The molecule has 1 aromatic heterocycles. The molecule has 2 aliphatic heterocycles. The quantitative estimate of drug-likeness (QED) is 0.0530. The lowest BCUT2D eigenvalue weighted by molar-refractivity contribution is -0.144. The first-order valence-electron chi connectivity index (χ1n) is 27.4. The van der Waals surface area contributed by atoms with Gasteiger partial charge in [-0.3, -0.25) is 28.9 Å². The number of likely N-dealkylation sites (N-methyl/N-ethyl adjacent to an activating group) is 1. The number of likely N-dealkylation sites (tertiary alicyclic amines) is 1. The van der Waals surface area contributed by atoms with Crippen LogP contribution in [0.5, 0.6) is 5.75 Å². The summed E-state index contributed by atoms with van der Waals surface area (Å²) in [7, 11) is 1.48. The van der Waals surface area contributed by atoms with Crippen molar-refractivity contribution in [2.24, 2.45) is 5.92 Å². The topological polar surface area (TPSA) is 201 Å². The molecule has 78 heavy (non-hydrogen) atoms. The number of rotatable bonds is 23. The second kappa shape index (κ2) is 28.3. The fourth-order valence-corrected chi connectivity index (χ4v) is 11.1. The lowest BCUT2D eigenvalue weighted by atomic mass is 9.83. The second-order valence-corrected chi connectivity index (χ2v) is 22.2. The van der Waals surface area contributed by atoms with Crippen LogP contribution in [0.15, 0.2) is 78.2 Å². The van der Waals surface area contributed by atoms with Gasteiger partial charge in [-0.1, -0.05) is 92.8 Å². The van der Waals surface area contributed by atoms with E-state index in [1.165, 1.54) is 29.4 Å². The molecule has 3 heterocycles. The Morgan fingerprint density at radius 1 is 0.795 bits per heavy atom. The maximum Gasteiger partial charge on any atom is 0.410 e. The molecular formula is C58H76F2N8O9S. The number of carbonyl (C=O) groups is 6. The Labute approximate surface area is 460 Å². The van der Waals surface area contributed by atoms with Gasteiger partial charge in [-0.2, -0.15) is 4.39 Å². The van der Waals surface area contributed by atoms with Gasteiger partial charge < -0.3 is 45.3 Å². The number of ether oxygens (including phenoxy) is 3. The van der Waals surface area contributed by atoms with Gasteiger partial charge in [0.05, 0.1) is 18.9 Å². The van der Waals surface area contributed by atoms with Crippen molar-refractivity contribution in [3.05, 3.63) is 101 Å². The molecule has 1 saturated carbocycles. The molecule has 6 amide bonds. The average Bonchev–Trinajstić information content (AvgIpc) is 4.19. The third-order valence-electron chi connectivity index (χ3n) is 14.6. The van der Waals surface area contributed by atoms with Gasteiger partial charge in [0.2, 0.25) is 29.4 Å². The lowest BCUT2D eigenvalue weighted by Crippen LogP contribution is -2.60. The first kappa shape index (κ1) is 59.0. The number of amides is 6. The number of morpholine rings is 1. The normalized spacial score (nSPS) is 17.2. The third kappa shape index (κ3) is 16.0. The number of nitrogens with zero attached hydrogens (tertiary/aromatic N) is 4. The predicted molar refractivity (Wildman–Crippen MR) is 294 cm³/mol. The zero-order valence-corrected chi connectivity index (χ0v) is 46.3. The van der Waals surface area contributed by atoms with Crippen LogP contribution in [0.1, 0.15) is 115 Å². The number of nitrogens with one attached hydrogen (secondary N) is 4. The Bertz CT molecular complexity index is 2610. The minimum absolute atomic E-state index is 0.171. The molecule has 3 aliphatic rings. The van der Waals surface area contributed by atoms with Gasteiger partial charge in [0.15, 0.2) is 23.3 Å². The van der Waals surface area contributed by atoms with Crippen molar-refractivity contribution in [3.63, 3.8) is 0 Å². The highest BCUT2D eigenvalue weighted by molar-refractivity contribution is 7.14. The van der Waals surface area contributed by atoms with Crippen LogP contribution in [0.25, 0.3) is 11.3 Å². The van der Waals surface area contributed by atoms with Crippen molar-refractivity contribution in [3.8, 4) is 17.0 Å². The smallest absolute Gasteiger partial charge is 0.410 e. The molecule has 4 N–H and O–H groups in total. The van der Waals surface area contributed by atoms with Crippen LogP contribution in [0.4, 0.5) is 18.7 Å². The Hall–Kier alpha value is -6.67. The SMILES string of the molecule is C[C@@H](C(=O)N[C@H](C(=O)N1CCC[C@H]1C(=O)N[C@H](C(=O)NCCCCCCNC(=O)COc1c(-c2csc(N3CCOCC3)n2)ccc(F)c1F)C(c1ccccc1)c1ccccc1)C1CCCCC1)N(C)C(=O)OC(C)(C)C. The van der Waals surface area contributed by atoms with E-state index in [0.29, 0.717) is 90.2 Å². The van der Waals surface area contributed by atoms with Crippen molar-refractivity contribution in [2.45, 2.75) is 134 Å². The van der Waals surface area contributed by atoms with Crippen LogP contribution < -0.4 is 30.9 Å². The largest absolute Gasteiger partial charge is 0.480 e. The maximum absolute atomic E-state index is 15.1. The third-order valence-corrected chi connectivity index (χ3v) is 15.5. The van der Waals surface area contributed by atoms with Crippen LogP contribution in [-0.2, 0) is 33.4 Å². The molecule has 422 valence electrons. The van der Waals surface area contributed by atoms with Gasteiger partial charge in [0.1, 0.15) is 29.8 Å². The summed E-state index contributed by atoms with van der Waals surface area (Å²) < 4.78 is 46.0. The minimum Gasteiger partial charge on any atom is -0.480 e. The van der Waals surface area contributed by atoms with E-state index in [9.17, 15) is 33.2 Å². The summed E-state index contributed by atoms with van der Waals surface area (Å²) >= 11 is 1.37. The van der Waals surface area contributed by atoms with Crippen LogP contribution in [0, 0.1) is 17.6 Å². The van der Waals surface area contributed by atoms with Crippen LogP contribution in [0.2, 0.25) is 0 Å². The molecule has 2 saturated heterocycles. The number of carbonyl (C=O) groups excluding carboxylic acids is 6. The lowest BCUT2D eigenvalue weighted by Gasteiger charge is -2.36. The summed E-state index contributed by atoms with van der Waals surface area (Å²) in [5.41, 5.74) is 1.48. The fourth-order valence-electron chi connectivity index (χ4n) is 10.2. The summed E-state index contributed by atoms with van der Waals surface area (Å²) in [5, 5.41) is 14.4. The van der Waals surface area contributed by atoms with Gasteiger partial charge in [-0.15, -0.1) is 11.3 Å². The predicted octanol–water partition coefficient (Wildman–Crippen LogP) is 7.72. The summed E-state index contributed by atoms with van der Waals surface area (Å²) in [4.78, 5) is 93.2. The molecule has 20 heteroatoms. The highest BCUT2D eigenvalue weighted by Crippen LogP contribution is 2.37. The minimum atomic E-state index is -1.20. The number of benzene rings is 3. The van der Waals surface area contributed by atoms with Gasteiger partial charge >= 0.3 is 6.09 Å². The molecule has 1 aliphatic carbocycles. The number of aromatic nitrogens is 1. The average molecular weight is 1100 g/mol. The van der Waals surface area contributed by atoms with Crippen molar-refractivity contribution in [2.75, 3.05) is 64.5 Å².